The molecule has 0 unspecified atom stereocenters. The van der Waals surface area contributed by atoms with Crippen LogP contribution >= 0.6 is 0 Å². The van der Waals surface area contributed by atoms with Gasteiger partial charge in [0.25, 0.3) is 0 Å². The Bertz CT molecular complexity index is 675. The average molecular weight is 353 g/mol. The molecule has 1 aliphatic rings. The van der Waals surface area contributed by atoms with Crippen molar-refractivity contribution in [2.45, 2.75) is 58.0 Å². The van der Waals surface area contributed by atoms with E-state index in [-0.39, 0.29) is 5.92 Å². The van der Waals surface area contributed by atoms with Gasteiger partial charge in [-0.25, -0.2) is 0 Å². The van der Waals surface area contributed by atoms with Gasteiger partial charge in [-0.3, -0.25) is 0 Å². The van der Waals surface area contributed by atoms with Crippen molar-refractivity contribution in [3.63, 3.8) is 0 Å². The third-order valence-electron chi connectivity index (χ3n) is 4.86. The maximum atomic E-state index is 6.28. The zero-order valence-electron chi connectivity index (χ0n) is 16.5. The lowest BCUT2D eigenvalue weighted by Gasteiger charge is -2.22. The van der Waals surface area contributed by atoms with E-state index in [4.69, 9.17) is 9.47 Å². The second-order valence-corrected chi connectivity index (χ2v) is 7.05. The third-order valence-corrected chi connectivity index (χ3v) is 4.86. The largest absolute Gasteiger partial charge is 0.493 e. The summed E-state index contributed by atoms with van der Waals surface area (Å²) in [6, 6.07) is 6.28. The van der Waals surface area contributed by atoms with E-state index in [1.54, 1.807) is 7.11 Å². The molecule has 1 aliphatic carbocycles. The van der Waals surface area contributed by atoms with Crippen LogP contribution in [0.2, 0.25) is 0 Å². The molecule has 140 valence electrons. The molecule has 0 heterocycles. The molecule has 0 amide bonds. The maximum absolute atomic E-state index is 6.28. The number of rotatable bonds is 9. The minimum absolute atomic E-state index is 0.207. The van der Waals surface area contributed by atoms with Crippen molar-refractivity contribution >= 4 is 0 Å². The van der Waals surface area contributed by atoms with E-state index in [1.807, 2.05) is 25.1 Å². The fraction of sp³-hybridized carbons (Fsp3) is 0.417. The fourth-order valence-corrected chi connectivity index (χ4v) is 3.50. The smallest absolute Gasteiger partial charge is 0.161 e. The quantitative estimate of drug-likeness (QED) is 0.361. The summed E-state index contributed by atoms with van der Waals surface area (Å²) in [5.41, 5.74) is 3.54. The monoisotopic (exact) mass is 352 g/mol. The Morgan fingerprint density at radius 2 is 2.00 bits per heavy atom. The summed E-state index contributed by atoms with van der Waals surface area (Å²) in [4.78, 5) is 0. The van der Waals surface area contributed by atoms with Gasteiger partial charge >= 0.3 is 0 Å². The van der Waals surface area contributed by atoms with E-state index in [2.05, 4.69) is 44.4 Å². The highest BCUT2D eigenvalue weighted by atomic mass is 16.5. The van der Waals surface area contributed by atoms with Crippen molar-refractivity contribution in [2.24, 2.45) is 0 Å². The first-order valence-corrected chi connectivity index (χ1v) is 9.53. The summed E-state index contributed by atoms with van der Waals surface area (Å²) in [6.07, 6.45) is 14.1. The normalized spacial score (nSPS) is 16.7. The second-order valence-electron chi connectivity index (χ2n) is 7.05. The van der Waals surface area contributed by atoms with Crippen LogP contribution in [0.5, 0.6) is 11.5 Å². The lowest BCUT2D eigenvalue weighted by molar-refractivity contribution is 0.200. The van der Waals surface area contributed by atoms with Crippen LogP contribution in [-0.2, 0) is 0 Å². The van der Waals surface area contributed by atoms with Gasteiger partial charge in [0.1, 0.15) is 0 Å². The molecule has 1 atom stereocenters. The topological polar surface area (TPSA) is 18.5 Å². The molecule has 26 heavy (non-hydrogen) atoms. The maximum Gasteiger partial charge on any atom is 0.161 e. The Morgan fingerprint density at radius 3 is 2.58 bits per heavy atom. The molecule has 1 aromatic carbocycles. The van der Waals surface area contributed by atoms with Crippen molar-refractivity contribution in [3.8, 4) is 11.5 Å². The van der Waals surface area contributed by atoms with Crippen LogP contribution in [0.1, 0.15) is 57.4 Å². The van der Waals surface area contributed by atoms with E-state index in [1.165, 1.54) is 24.0 Å². The SMILES string of the molecule is C=C/C(=C\C=C/C)[C@H](CC(=C)C)c1ccc(OC)c(OC2CCCC2)c1. The molecule has 0 bridgehead atoms. The van der Waals surface area contributed by atoms with E-state index in [0.29, 0.717) is 6.10 Å². The summed E-state index contributed by atoms with van der Waals surface area (Å²) in [5.74, 6) is 1.85. The Hall–Kier alpha value is -2.22. The molecule has 2 rings (SSSR count). The number of allylic oxidation sites excluding steroid dienone is 6. The second kappa shape index (κ2) is 10.1. The molecule has 0 radical (unpaired) electrons. The van der Waals surface area contributed by atoms with Gasteiger partial charge in [-0.15, -0.1) is 6.58 Å². The molecule has 0 aromatic heterocycles. The fourth-order valence-electron chi connectivity index (χ4n) is 3.50. The van der Waals surface area contributed by atoms with Gasteiger partial charge in [0, 0.05) is 5.92 Å². The molecule has 0 aliphatic heterocycles. The van der Waals surface area contributed by atoms with Gasteiger partial charge < -0.3 is 9.47 Å². The molecule has 2 heteroatoms. The molecule has 0 N–H and O–H groups in total. The Labute approximate surface area is 158 Å². The first kappa shape index (κ1) is 20.1. The summed E-state index contributed by atoms with van der Waals surface area (Å²) in [7, 11) is 1.70. The van der Waals surface area contributed by atoms with Crippen molar-refractivity contribution < 1.29 is 9.47 Å². The minimum Gasteiger partial charge on any atom is -0.493 e. The summed E-state index contributed by atoms with van der Waals surface area (Å²) in [6.45, 7) is 12.2. The molecule has 1 aromatic rings. The zero-order chi connectivity index (χ0) is 18.9. The lowest BCUT2D eigenvalue weighted by atomic mass is 9.85. The zero-order valence-corrected chi connectivity index (χ0v) is 16.5. The molecule has 1 saturated carbocycles. The Kier molecular flexibility index (Phi) is 7.77. The number of hydrogen-bond donors (Lipinski definition) is 0. The van der Waals surface area contributed by atoms with Gasteiger partial charge in [-0.2, -0.15) is 0 Å². The summed E-state index contributed by atoms with van der Waals surface area (Å²) in [5, 5.41) is 0. The number of ether oxygens (including phenoxy) is 2. The predicted molar refractivity (Wildman–Crippen MR) is 111 cm³/mol. The highest BCUT2D eigenvalue weighted by Crippen LogP contribution is 2.38. The molecule has 0 spiro atoms. The van der Waals surface area contributed by atoms with Crippen LogP contribution in [0.3, 0.4) is 0 Å². The van der Waals surface area contributed by atoms with Crippen LogP contribution in [-0.4, -0.2) is 13.2 Å². The summed E-state index contributed by atoms with van der Waals surface area (Å²) >= 11 is 0. The Morgan fingerprint density at radius 1 is 1.27 bits per heavy atom. The van der Waals surface area contributed by atoms with E-state index < -0.39 is 0 Å². The van der Waals surface area contributed by atoms with Crippen LogP contribution < -0.4 is 9.47 Å². The van der Waals surface area contributed by atoms with Crippen molar-refractivity contribution in [2.75, 3.05) is 7.11 Å². The molecular formula is C24H32O2. The van der Waals surface area contributed by atoms with Crippen molar-refractivity contribution in [3.05, 3.63) is 72.4 Å². The molecule has 1 fully saturated rings. The van der Waals surface area contributed by atoms with Crippen LogP contribution in [0.25, 0.3) is 0 Å². The number of methoxy groups -OCH3 is 1. The minimum atomic E-state index is 0.207. The van der Waals surface area contributed by atoms with Gasteiger partial charge in [-0.1, -0.05) is 42.5 Å². The molecule has 0 saturated heterocycles. The van der Waals surface area contributed by atoms with Crippen molar-refractivity contribution in [1.82, 2.24) is 0 Å². The highest BCUT2D eigenvalue weighted by molar-refractivity contribution is 5.47. The first-order chi connectivity index (χ1) is 12.6. The van der Waals surface area contributed by atoms with Crippen molar-refractivity contribution in [1.29, 1.82) is 0 Å². The Balaban J connectivity index is 2.39. The molecular weight excluding hydrogens is 320 g/mol. The van der Waals surface area contributed by atoms with E-state index >= 15 is 0 Å². The van der Waals surface area contributed by atoms with Crippen LogP contribution in [0.4, 0.5) is 0 Å². The van der Waals surface area contributed by atoms with Crippen LogP contribution in [0, 0.1) is 0 Å². The highest BCUT2D eigenvalue weighted by Gasteiger charge is 2.21. The van der Waals surface area contributed by atoms with Gasteiger partial charge in [0.05, 0.1) is 13.2 Å². The van der Waals surface area contributed by atoms with Gasteiger partial charge in [0.2, 0.25) is 0 Å². The predicted octanol–water partition coefficient (Wildman–Crippen LogP) is 6.75. The molecule has 2 nitrogen and oxygen atoms in total. The lowest BCUT2D eigenvalue weighted by Crippen LogP contribution is -2.12. The van der Waals surface area contributed by atoms with Crippen LogP contribution in [0.15, 0.2) is 66.8 Å². The van der Waals surface area contributed by atoms with E-state index in [0.717, 1.165) is 36.3 Å². The van der Waals surface area contributed by atoms with E-state index in [9.17, 15) is 0 Å². The summed E-state index contributed by atoms with van der Waals surface area (Å²) < 4.78 is 11.8. The number of hydrogen-bond acceptors (Lipinski definition) is 2. The van der Waals surface area contributed by atoms with Gasteiger partial charge in [0.15, 0.2) is 11.5 Å². The number of benzene rings is 1. The van der Waals surface area contributed by atoms with Gasteiger partial charge in [-0.05, 0) is 69.2 Å². The first-order valence-electron chi connectivity index (χ1n) is 9.53. The standard InChI is InChI=1S/C24H32O2/c1-6-8-11-19(7-2)22(16-18(3)4)20-14-15-23(25-5)24(17-20)26-21-12-9-10-13-21/h6-8,11,14-15,17,21-22H,2-3,9-10,12-13,16H2,1,4-5H3/b8-6-,19-11+/t22-/m0/s1. The third kappa shape index (κ3) is 5.39. The average Bonchev–Trinajstić information content (AvgIpc) is 3.14.